The van der Waals surface area contributed by atoms with Gasteiger partial charge < -0.3 is 9.64 Å². The first-order valence-corrected chi connectivity index (χ1v) is 10.6. The van der Waals surface area contributed by atoms with E-state index in [1.807, 2.05) is 31.2 Å². The summed E-state index contributed by atoms with van der Waals surface area (Å²) in [6, 6.07) is 11.0. The third-order valence-electron chi connectivity index (χ3n) is 3.94. The lowest BCUT2D eigenvalue weighted by Crippen LogP contribution is -2.38. The molecule has 1 aromatic carbocycles. The monoisotopic (exact) mass is 396 g/mol. The van der Waals surface area contributed by atoms with Crippen LogP contribution in [0.4, 0.5) is 0 Å². The van der Waals surface area contributed by atoms with Crippen molar-refractivity contribution >= 4 is 27.3 Å². The fraction of sp³-hybridized carbons (Fsp3) is 0.389. The molecule has 0 aliphatic heterocycles. The van der Waals surface area contributed by atoms with E-state index in [1.165, 1.54) is 18.3 Å². The number of rotatable bonds is 9. The molecule has 1 N–H and O–H groups in total. The van der Waals surface area contributed by atoms with Gasteiger partial charge in [-0.05, 0) is 37.1 Å². The summed E-state index contributed by atoms with van der Waals surface area (Å²) in [6.45, 7) is 4.33. The van der Waals surface area contributed by atoms with Gasteiger partial charge in [-0.2, -0.15) is 0 Å². The molecule has 2 rings (SSSR count). The first-order valence-electron chi connectivity index (χ1n) is 8.27. The summed E-state index contributed by atoms with van der Waals surface area (Å²) < 4.78 is 32.6. The van der Waals surface area contributed by atoms with Crippen molar-refractivity contribution in [3.8, 4) is 5.75 Å². The first-order chi connectivity index (χ1) is 12.3. The molecule has 0 aliphatic rings. The summed E-state index contributed by atoms with van der Waals surface area (Å²) in [5, 5.41) is 0. The Morgan fingerprint density at radius 2 is 1.92 bits per heavy atom. The third-order valence-corrected chi connectivity index (χ3v) is 6.90. The van der Waals surface area contributed by atoms with Gasteiger partial charge in [0.1, 0.15) is 9.96 Å². The van der Waals surface area contributed by atoms with Crippen LogP contribution in [0.1, 0.15) is 17.4 Å². The SMILES string of the molecule is COc1ccccc1CCN(CCNS(=O)(=O)c1ccc(C)s1)C(C)=O. The lowest BCUT2D eigenvalue weighted by Gasteiger charge is -2.21. The molecule has 2 aromatic rings. The molecule has 26 heavy (non-hydrogen) atoms. The zero-order valence-corrected chi connectivity index (χ0v) is 16.8. The molecule has 0 saturated heterocycles. The second-order valence-corrected chi connectivity index (χ2v) is 9.11. The molecule has 0 unspecified atom stereocenters. The Kier molecular flexibility index (Phi) is 7.19. The van der Waals surface area contributed by atoms with Crippen molar-refractivity contribution in [2.24, 2.45) is 0 Å². The van der Waals surface area contributed by atoms with Crippen molar-refractivity contribution in [1.82, 2.24) is 9.62 Å². The van der Waals surface area contributed by atoms with Gasteiger partial charge in [0.15, 0.2) is 0 Å². The Labute approximate surface area is 158 Å². The summed E-state index contributed by atoms with van der Waals surface area (Å²) in [5.74, 6) is 0.691. The average molecular weight is 397 g/mol. The Morgan fingerprint density at radius 1 is 1.19 bits per heavy atom. The van der Waals surface area contributed by atoms with Crippen LogP contribution < -0.4 is 9.46 Å². The van der Waals surface area contributed by atoms with Crippen LogP contribution in [0.2, 0.25) is 0 Å². The minimum Gasteiger partial charge on any atom is -0.496 e. The zero-order chi connectivity index (χ0) is 19.2. The summed E-state index contributed by atoms with van der Waals surface area (Å²) in [6.07, 6.45) is 0.639. The van der Waals surface area contributed by atoms with Crippen LogP contribution in [0, 0.1) is 6.92 Å². The molecule has 1 aromatic heterocycles. The van der Waals surface area contributed by atoms with Gasteiger partial charge in [0, 0.05) is 31.4 Å². The summed E-state index contributed by atoms with van der Waals surface area (Å²) in [5.41, 5.74) is 1.01. The number of methoxy groups -OCH3 is 1. The number of aryl methyl sites for hydroxylation is 1. The van der Waals surface area contributed by atoms with Gasteiger partial charge in [-0.3, -0.25) is 4.79 Å². The summed E-state index contributed by atoms with van der Waals surface area (Å²) in [7, 11) is -1.91. The third kappa shape index (κ3) is 5.55. The van der Waals surface area contributed by atoms with Crippen LogP contribution in [-0.4, -0.2) is 46.0 Å². The molecule has 0 fully saturated rings. The van der Waals surface area contributed by atoms with E-state index in [4.69, 9.17) is 4.74 Å². The molecule has 142 valence electrons. The van der Waals surface area contributed by atoms with Crippen LogP contribution in [0.3, 0.4) is 0 Å². The lowest BCUT2D eigenvalue weighted by molar-refractivity contribution is -0.128. The van der Waals surface area contributed by atoms with Crippen LogP contribution in [0.25, 0.3) is 0 Å². The highest BCUT2D eigenvalue weighted by atomic mass is 32.2. The Morgan fingerprint density at radius 3 is 2.54 bits per heavy atom. The van der Waals surface area contributed by atoms with Gasteiger partial charge in [0.05, 0.1) is 7.11 Å². The predicted molar refractivity (Wildman–Crippen MR) is 103 cm³/mol. The molecule has 0 radical (unpaired) electrons. The van der Waals surface area contributed by atoms with Gasteiger partial charge >= 0.3 is 0 Å². The fourth-order valence-electron chi connectivity index (χ4n) is 2.53. The lowest BCUT2D eigenvalue weighted by atomic mass is 10.1. The smallest absolute Gasteiger partial charge is 0.250 e. The van der Waals surface area contributed by atoms with E-state index >= 15 is 0 Å². The highest BCUT2D eigenvalue weighted by molar-refractivity contribution is 7.91. The maximum absolute atomic E-state index is 12.2. The maximum atomic E-state index is 12.2. The number of nitrogens with one attached hydrogen (secondary N) is 1. The minimum absolute atomic E-state index is 0.0916. The van der Waals surface area contributed by atoms with Crippen molar-refractivity contribution in [2.45, 2.75) is 24.5 Å². The largest absolute Gasteiger partial charge is 0.496 e. The number of para-hydroxylation sites is 1. The number of carbonyl (C=O) groups excluding carboxylic acids is 1. The average Bonchev–Trinajstić information content (AvgIpc) is 3.05. The first kappa shape index (κ1) is 20.4. The van der Waals surface area contributed by atoms with E-state index in [1.54, 1.807) is 24.1 Å². The summed E-state index contributed by atoms with van der Waals surface area (Å²) in [4.78, 5) is 14.4. The molecular formula is C18H24N2O4S2. The van der Waals surface area contributed by atoms with Gasteiger partial charge in [-0.15, -0.1) is 11.3 Å². The number of benzene rings is 1. The van der Waals surface area contributed by atoms with E-state index in [2.05, 4.69) is 4.72 Å². The molecule has 6 nitrogen and oxygen atoms in total. The number of sulfonamides is 1. The van der Waals surface area contributed by atoms with Crippen LogP contribution in [0.5, 0.6) is 5.75 Å². The normalized spacial score (nSPS) is 11.3. The van der Waals surface area contributed by atoms with E-state index in [9.17, 15) is 13.2 Å². The van der Waals surface area contributed by atoms with E-state index in [0.29, 0.717) is 23.7 Å². The van der Waals surface area contributed by atoms with Crippen molar-refractivity contribution in [2.75, 3.05) is 26.7 Å². The number of amides is 1. The molecule has 0 aliphatic carbocycles. The van der Waals surface area contributed by atoms with Gasteiger partial charge in [-0.25, -0.2) is 13.1 Å². The number of thiophene rings is 1. The molecule has 0 bridgehead atoms. The predicted octanol–water partition coefficient (Wildman–Crippen LogP) is 2.43. The van der Waals surface area contributed by atoms with Crippen LogP contribution in [-0.2, 0) is 21.2 Å². The Hall–Kier alpha value is -1.90. The molecule has 0 spiro atoms. The van der Waals surface area contributed by atoms with E-state index < -0.39 is 10.0 Å². The minimum atomic E-state index is -3.53. The number of carbonyl (C=O) groups is 1. The number of ether oxygens (including phenoxy) is 1. The van der Waals surface area contributed by atoms with E-state index in [0.717, 1.165) is 16.2 Å². The Balaban J connectivity index is 1.91. The van der Waals surface area contributed by atoms with Gasteiger partial charge in [-0.1, -0.05) is 18.2 Å². The van der Waals surface area contributed by atoms with Crippen molar-refractivity contribution in [3.05, 3.63) is 46.8 Å². The molecule has 1 heterocycles. The molecule has 0 atom stereocenters. The quantitative estimate of drug-likeness (QED) is 0.706. The Bertz CT molecular complexity index is 846. The molecular weight excluding hydrogens is 372 g/mol. The van der Waals surface area contributed by atoms with Crippen molar-refractivity contribution in [1.29, 1.82) is 0 Å². The van der Waals surface area contributed by atoms with Crippen LogP contribution in [0.15, 0.2) is 40.6 Å². The second-order valence-electron chi connectivity index (χ2n) is 5.83. The molecule has 1 amide bonds. The number of hydrogen-bond donors (Lipinski definition) is 1. The van der Waals surface area contributed by atoms with Gasteiger partial charge in [0.2, 0.25) is 15.9 Å². The van der Waals surface area contributed by atoms with Crippen LogP contribution >= 0.6 is 11.3 Å². The molecule has 8 heteroatoms. The highest BCUT2D eigenvalue weighted by Gasteiger charge is 2.17. The number of hydrogen-bond acceptors (Lipinski definition) is 5. The summed E-state index contributed by atoms with van der Waals surface area (Å²) >= 11 is 1.23. The fourth-order valence-corrected chi connectivity index (χ4v) is 4.88. The van der Waals surface area contributed by atoms with Crippen molar-refractivity contribution in [3.63, 3.8) is 0 Å². The standard InChI is InChI=1S/C18H24N2O4S2/c1-14-8-9-18(25-14)26(22,23)19-11-13-20(15(2)21)12-10-16-6-4-5-7-17(16)24-3/h4-9,19H,10-13H2,1-3H3. The van der Waals surface area contributed by atoms with E-state index in [-0.39, 0.29) is 12.5 Å². The topological polar surface area (TPSA) is 75.7 Å². The van der Waals surface area contributed by atoms with Crippen molar-refractivity contribution < 1.29 is 17.9 Å². The number of nitrogens with zero attached hydrogens (tertiary/aromatic N) is 1. The second kappa shape index (κ2) is 9.16. The zero-order valence-electron chi connectivity index (χ0n) is 15.2. The maximum Gasteiger partial charge on any atom is 0.250 e. The highest BCUT2D eigenvalue weighted by Crippen LogP contribution is 2.20. The molecule has 0 saturated carbocycles. The van der Waals surface area contributed by atoms with Gasteiger partial charge in [0.25, 0.3) is 0 Å².